The van der Waals surface area contributed by atoms with Gasteiger partial charge < -0.3 is 9.47 Å². The van der Waals surface area contributed by atoms with E-state index in [2.05, 4.69) is 12.1 Å². The minimum Gasteiger partial charge on any atom is -0.497 e. The van der Waals surface area contributed by atoms with Gasteiger partial charge in [0.05, 0.1) is 12.0 Å². The van der Waals surface area contributed by atoms with Crippen LogP contribution in [0.4, 0.5) is 0 Å². The standard InChI is InChI=1S/C15H12O2S/c1-16-12-7-8-13-14(10-12)18-15(17-13)9-11-5-3-2-4-6-11/h2-10H,1H3. The van der Waals surface area contributed by atoms with E-state index in [1.165, 1.54) is 0 Å². The first-order valence-electron chi connectivity index (χ1n) is 5.65. The van der Waals surface area contributed by atoms with Crippen LogP contribution in [0.15, 0.2) is 58.5 Å². The highest BCUT2D eigenvalue weighted by Crippen LogP contribution is 2.45. The molecule has 2 nitrogen and oxygen atoms in total. The lowest BCUT2D eigenvalue weighted by atomic mass is 10.2. The van der Waals surface area contributed by atoms with Crippen LogP contribution >= 0.6 is 11.8 Å². The number of hydrogen-bond donors (Lipinski definition) is 0. The molecule has 0 aliphatic carbocycles. The third-order valence-corrected chi connectivity index (χ3v) is 3.60. The van der Waals surface area contributed by atoms with E-state index in [0.29, 0.717) is 0 Å². The number of ether oxygens (including phenoxy) is 2. The van der Waals surface area contributed by atoms with Gasteiger partial charge in [0, 0.05) is 0 Å². The molecule has 0 fully saturated rings. The summed E-state index contributed by atoms with van der Waals surface area (Å²) in [4.78, 5) is 1.09. The van der Waals surface area contributed by atoms with E-state index in [0.717, 1.165) is 27.0 Å². The van der Waals surface area contributed by atoms with Gasteiger partial charge in [-0.1, -0.05) is 30.3 Å². The maximum Gasteiger partial charge on any atom is 0.166 e. The average molecular weight is 256 g/mol. The Morgan fingerprint density at radius 2 is 1.94 bits per heavy atom. The second-order valence-electron chi connectivity index (χ2n) is 3.89. The number of rotatable bonds is 2. The molecule has 0 saturated carbocycles. The van der Waals surface area contributed by atoms with E-state index in [1.54, 1.807) is 18.9 Å². The molecule has 0 atom stereocenters. The van der Waals surface area contributed by atoms with Crippen molar-refractivity contribution in [2.24, 2.45) is 0 Å². The van der Waals surface area contributed by atoms with Gasteiger partial charge in [-0.3, -0.25) is 0 Å². The number of thioether (sulfide) groups is 1. The molecule has 0 unspecified atom stereocenters. The molecule has 2 aromatic carbocycles. The highest BCUT2D eigenvalue weighted by Gasteiger charge is 2.18. The molecule has 0 radical (unpaired) electrons. The number of methoxy groups -OCH3 is 1. The van der Waals surface area contributed by atoms with Crippen molar-refractivity contribution >= 4 is 17.8 Å². The minimum absolute atomic E-state index is 0.853. The van der Waals surface area contributed by atoms with Crippen molar-refractivity contribution < 1.29 is 9.47 Å². The lowest BCUT2D eigenvalue weighted by molar-refractivity contribution is 0.411. The van der Waals surface area contributed by atoms with E-state index in [1.807, 2.05) is 42.5 Å². The molecule has 0 amide bonds. The Bertz CT molecular complexity index is 591. The van der Waals surface area contributed by atoms with Gasteiger partial charge in [0.15, 0.2) is 5.09 Å². The van der Waals surface area contributed by atoms with Crippen molar-refractivity contribution in [2.75, 3.05) is 7.11 Å². The van der Waals surface area contributed by atoms with Gasteiger partial charge in [-0.2, -0.15) is 0 Å². The summed E-state index contributed by atoms with van der Waals surface area (Å²) < 4.78 is 11.0. The molecule has 1 aliphatic rings. The summed E-state index contributed by atoms with van der Waals surface area (Å²) in [6.07, 6.45) is 2.04. The number of benzene rings is 2. The highest BCUT2D eigenvalue weighted by atomic mass is 32.2. The number of fused-ring (bicyclic) bond motifs is 1. The molecular formula is C15H12O2S. The molecule has 1 heterocycles. The van der Waals surface area contributed by atoms with Crippen molar-refractivity contribution in [3.8, 4) is 11.5 Å². The molecule has 3 heteroatoms. The van der Waals surface area contributed by atoms with Gasteiger partial charge in [0.2, 0.25) is 0 Å². The molecule has 2 aromatic rings. The van der Waals surface area contributed by atoms with Crippen LogP contribution in [0.1, 0.15) is 5.56 Å². The smallest absolute Gasteiger partial charge is 0.166 e. The fourth-order valence-electron chi connectivity index (χ4n) is 1.76. The Hall–Kier alpha value is -1.87. The quantitative estimate of drug-likeness (QED) is 0.803. The van der Waals surface area contributed by atoms with Crippen molar-refractivity contribution in [1.29, 1.82) is 0 Å². The van der Waals surface area contributed by atoms with Crippen molar-refractivity contribution in [2.45, 2.75) is 4.90 Å². The summed E-state index contributed by atoms with van der Waals surface area (Å²) in [5.74, 6) is 1.74. The van der Waals surface area contributed by atoms with Crippen molar-refractivity contribution in [3.63, 3.8) is 0 Å². The monoisotopic (exact) mass is 256 g/mol. The van der Waals surface area contributed by atoms with Gasteiger partial charge in [-0.15, -0.1) is 0 Å². The first-order valence-corrected chi connectivity index (χ1v) is 6.47. The summed E-state index contributed by atoms with van der Waals surface area (Å²) in [7, 11) is 1.67. The van der Waals surface area contributed by atoms with Crippen LogP contribution in [0.2, 0.25) is 0 Å². The summed E-state index contributed by atoms with van der Waals surface area (Å²) in [6, 6.07) is 16.0. The molecule has 18 heavy (non-hydrogen) atoms. The Morgan fingerprint density at radius 3 is 2.72 bits per heavy atom. The van der Waals surface area contributed by atoms with E-state index in [-0.39, 0.29) is 0 Å². The third-order valence-electron chi connectivity index (χ3n) is 2.66. The normalized spacial score (nSPS) is 15.3. The van der Waals surface area contributed by atoms with Crippen LogP contribution in [0, 0.1) is 0 Å². The van der Waals surface area contributed by atoms with Crippen LogP contribution in [0.3, 0.4) is 0 Å². The molecule has 3 rings (SSSR count). The Morgan fingerprint density at radius 1 is 1.11 bits per heavy atom. The van der Waals surface area contributed by atoms with E-state index in [4.69, 9.17) is 9.47 Å². The summed E-state index contributed by atoms with van der Waals surface area (Å²) in [6.45, 7) is 0. The average Bonchev–Trinajstić information content (AvgIpc) is 2.80. The van der Waals surface area contributed by atoms with E-state index >= 15 is 0 Å². The molecular weight excluding hydrogens is 244 g/mol. The molecule has 0 spiro atoms. The fourth-order valence-corrected chi connectivity index (χ4v) is 2.69. The zero-order chi connectivity index (χ0) is 12.4. The van der Waals surface area contributed by atoms with Gasteiger partial charge in [-0.05, 0) is 41.6 Å². The van der Waals surface area contributed by atoms with Gasteiger partial charge in [0.1, 0.15) is 11.5 Å². The maximum atomic E-state index is 5.78. The summed E-state index contributed by atoms with van der Waals surface area (Å²) in [5.41, 5.74) is 1.14. The van der Waals surface area contributed by atoms with Crippen LogP contribution in [-0.2, 0) is 0 Å². The minimum atomic E-state index is 0.853. The van der Waals surface area contributed by atoms with Crippen LogP contribution in [-0.4, -0.2) is 7.11 Å². The molecule has 0 aromatic heterocycles. The first-order chi connectivity index (χ1) is 8.85. The SMILES string of the molecule is COc1ccc2c(c1)SC(=Cc1ccccc1)O2. The molecule has 90 valence electrons. The van der Waals surface area contributed by atoms with Crippen molar-refractivity contribution in [3.05, 3.63) is 59.2 Å². The molecule has 1 aliphatic heterocycles. The van der Waals surface area contributed by atoms with Crippen LogP contribution in [0.5, 0.6) is 11.5 Å². The fraction of sp³-hybridized carbons (Fsp3) is 0.0667. The molecule has 0 N–H and O–H groups in total. The lowest BCUT2D eigenvalue weighted by Crippen LogP contribution is -1.84. The zero-order valence-electron chi connectivity index (χ0n) is 9.92. The Kier molecular flexibility index (Phi) is 2.99. The van der Waals surface area contributed by atoms with E-state index < -0.39 is 0 Å². The predicted molar refractivity (Wildman–Crippen MR) is 73.9 cm³/mol. The highest BCUT2D eigenvalue weighted by molar-refractivity contribution is 8.03. The van der Waals surface area contributed by atoms with Crippen LogP contribution in [0.25, 0.3) is 6.08 Å². The number of hydrogen-bond acceptors (Lipinski definition) is 3. The predicted octanol–water partition coefficient (Wildman–Crippen LogP) is 4.18. The lowest BCUT2D eigenvalue weighted by Gasteiger charge is -2.00. The van der Waals surface area contributed by atoms with Crippen molar-refractivity contribution in [1.82, 2.24) is 0 Å². The van der Waals surface area contributed by atoms with Gasteiger partial charge >= 0.3 is 0 Å². The maximum absolute atomic E-state index is 5.78. The summed E-state index contributed by atoms with van der Waals surface area (Å²) in [5, 5.41) is 0.893. The Balaban J connectivity index is 1.87. The van der Waals surface area contributed by atoms with Gasteiger partial charge in [0.25, 0.3) is 0 Å². The largest absolute Gasteiger partial charge is 0.497 e. The molecule has 0 saturated heterocycles. The van der Waals surface area contributed by atoms with E-state index in [9.17, 15) is 0 Å². The van der Waals surface area contributed by atoms with Crippen LogP contribution < -0.4 is 9.47 Å². The zero-order valence-corrected chi connectivity index (χ0v) is 10.7. The topological polar surface area (TPSA) is 18.5 Å². The molecule has 0 bridgehead atoms. The summed E-state index contributed by atoms with van der Waals surface area (Å²) >= 11 is 1.62. The second-order valence-corrected chi connectivity index (χ2v) is 4.94. The Labute approximate surface area is 110 Å². The third kappa shape index (κ3) is 2.22. The van der Waals surface area contributed by atoms with Gasteiger partial charge in [-0.25, -0.2) is 0 Å². The first kappa shape index (κ1) is 11.2. The second kappa shape index (κ2) is 4.78.